The van der Waals surface area contributed by atoms with E-state index in [0.717, 1.165) is 0 Å². The standard InChI is InChI=1S/C8H6Cl2F3O2PS/c9-5-2-1-3-6(10)7(5)16(14,17)15-4-8(11,12)13/h1-3H,4H2,(H,14,17). The van der Waals surface area contributed by atoms with E-state index in [1.807, 2.05) is 0 Å². The number of hydrogen-bond donors (Lipinski definition) is 1. The lowest BCUT2D eigenvalue weighted by molar-refractivity contribution is -0.153. The van der Waals surface area contributed by atoms with Crippen molar-refractivity contribution in [1.29, 1.82) is 0 Å². The Bertz CT molecular complexity index is 446. The number of rotatable bonds is 3. The van der Waals surface area contributed by atoms with Gasteiger partial charge in [0.1, 0.15) is 0 Å². The van der Waals surface area contributed by atoms with E-state index in [0.29, 0.717) is 0 Å². The Kier molecular flexibility index (Phi) is 4.86. The molecule has 1 unspecified atom stereocenters. The van der Waals surface area contributed by atoms with Crippen LogP contribution in [0.25, 0.3) is 0 Å². The minimum absolute atomic E-state index is 0.0227. The zero-order valence-electron chi connectivity index (χ0n) is 8.04. The second kappa shape index (κ2) is 5.43. The molecule has 0 radical (unpaired) electrons. The molecular weight excluding hydrogens is 319 g/mol. The van der Waals surface area contributed by atoms with E-state index in [9.17, 15) is 18.1 Å². The van der Waals surface area contributed by atoms with Crippen molar-refractivity contribution < 1.29 is 22.6 Å². The van der Waals surface area contributed by atoms with Gasteiger partial charge in [0.05, 0.1) is 15.3 Å². The van der Waals surface area contributed by atoms with Gasteiger partial charge in [0, 0.05) is 0 Å². The van der Waals surface area contributed by atoms with Crippen molar-refractivity contribution >= 4 is 46.8 Å². The molecule has 1 N–H and O–H groups in total. The molecule has 0 saturated heterocycles. The van der Waals surface area contributed by atoms with Crippen LogP contribution in [0.5, 0.6) is 0 Å². The number of alkyl halides is 3. The average molecular weight is 325 g/mol. The van der Waals surface area contributed by atoms with E-state index in [2.05, 4.69) is 16.3 Å². The summed E-state index contributed by atoms with van der Waals surface area (Å²) < 4.78 is 40.2. The molecule has 1 rings (SSSR count). The molecule has 17 heavy (non-hydrogen) atoms. The van der Waals surface area contributed by atoms with Gasteiger partial charge in [0.15, 0.2) is 6.61 Å². The van der Waals surface area contributed by atoms with Gasteiger partial charge in [-0.25, -0.2) is 0 Å². The fourth-order valence-corrected chi connectivity index (χ4v) is 4.26. The Morgan fingerprint density at radius 2 is 1.76 bits per heavy atom. The normalized spacial score (nSPS) is 15.6. The lowest BCUT2D eigenvalue weighted by Gasteiger charge is -2.19. The molecule has 9 heteroatoms. The van der Waals surface area contributed by atoms with Crippen LogP contribution in [0.15, 0.2) is 18.2 Å². The first-order chi connectivity index (χ1) is 7.63. The van der Waals surface area contributed by atoms with Gasteiger partial charge in [0.25, 0.3) is 0 Å². The molecule has 0 heterocycles. The van der Waals surface area contributed by atoms with Gasteiger partial charge < -0.3 is 9.42 Å². The first kappa shape index (κ1) is 15.2. The predicted molar refractivity (Wildman–Crippen MR) is 64.6 cm³/mol. The van der Waals surface area contributed by atoms with Crippen molar-refractivity contribution in [1.82, 2.24) is 0 Å². The molecule has 1 aromatic carbocycles. The van der Waals surface area contributed by atoms with Gasteiger partial charge in [-0.15, -0.1) is 0 Å². The molecule has 2 nitrogen and oxygen atoms in total. The number of hydrogen-bond acceptors (Lipinski definition) is 2. The summed E-state index contributed by atoms with van der Waals surface area (Å²) in [5, 5.41) is -0.210. The van der Waals surface area contributed by atoms with Crippen LogP contribution < -0.4 is 5.30 Å². The van der Waals surface area contributed by atoms with Gasteiger partial charge in [-0.1, -0.05) is 29.3 Å². The SMILES string of the molecule is OP(=S)(OCC(F)(F)F)c1c(Cl)cccc1Cl. The fourth-order valence-electron chi connectivity index (χ4n) is 0.984. The molecular formula is C8H6Cl2F3O2PS. The third kappa shape index (κ3) is 4.39. The second-order valence-corrected chi connectivity index (χ2v) is 7.02. The molecule has 0 aliphatic carbocycles. The number of halogens is 5. The van der Waals surface area contributed by atoms with Crippen LogP contribution in [0, 0.1) is 0 Å². The minimum Gasteiger partial charge on any atom is -0.342 e. The molecule has 0 aliphatic rings. The maximum atomic E-state index is 12.0. The van der Waals surface area contributed by atoms with Gasteiger partial charge in [-0.3, -0.25) is 0 Å². The summed E-state index contributed by atoms with van der Waals surface area (Å²) in [4.78, 5) is 9.75. The van der Waals surface area contributed by atoms with Crippen molar-refractivity contribution in [2.45, 2.75) is 6.18 Å². The largest absolute Gasteiger partial charge is 0.412 e. The van der Waals surface area contributed by atoms with Crippen LogP contribution in [-0.2, 0) is 16.3 Å². The molecule has 0 fully saturated rings. The summed E-state index contributed by atoms with van der Waals surface area (Å²) in [6.07, 6.45) is -4.58. The Labute approximate surface area is 110 Å². The summed E-state index contributed by atoms with van der Waals surface area (Å²) in [6, 6.07) is 4.20. The Morgan fingerprint density at radius 3 is 2.18 bits per heavy atom. The molecule has 1 atom stereocenters. The molecule has 0 spiro atoms. The van der Waals surface area contributed by atoms with Crippen LogP contribution >= 0.6 is 29.7 Å². The Hall–Kier alpha value is 0.160. The molecule has 0 aliphatic heterocycles. The molecule has 1 aromatic rings. The van der Waals surface area contributed by atoms with Gasteiger partial charge in [-0.2, -0.15) is 13.2 Å². The summed E-state index contributed by atoms with van der Waals surface area (Å²) in [5.41, 5.74) is 0. The van der Waals surface area contributed by atoms with Gasteiger partial charge in [-0.05, 0) is 23.9 Å². The monoisotopic (exact) mass is 324 g/mol. The lowest BCUT2D eigenvalue weighted by atomic mass is 10.4. The van der Waals surface area contributed by atoms with Gasteiger partial charge >= 0.3 is 6.18 Å². The first-order valence-electron chi connectivity index (χ1n) is 4.12. The summed E-state index contributed by atoms with van der Waals surface area (Å²) in [7, 11) is 0. The van der Waals surface area contributed by atoms with Crippen LogP contribution in [-0.4, -0.2) is 17.7 Å². The predicted octanol–water partition coefficient (Wildman–Crippen LogP) is 3.50. The Morgan fingerprint density at radius 1 is 1.29 bits per heavy atom. The van der Waals surface area contributed by atoms with Gasteiger partial charge in [0.2, 0.25) is 6.49 Å². The van der Waals surface area contributed by atoms with E-state index in [4.69, 9.17) is 23.2 Å². The average Bonchev–Trinajstić information content (AvgIpc) is 2.13. The van der Waals surface area contributed by atoms with Crippen molar-refractivity contribution in [2.75, 3.05) is 6.61 Å². The summed E-state index contributed by atoms with van der Waals surface area (Å²) in [6.45, 7) is -5.52. The quantitative estimate of drug-likeness (QED) is 0.863. The van der Waals surface area contributed by atoms with Crippen molar-refractivity contribution in [3.8, 4) is 0 Å². The molecule has 0 amide bonds. The van der Waals surface area contributed by atoms with E-state index in [-0.39, 0.29) is 15.3 Å². The molecule has 0 bridgehead atoms. The Balaban J connectivity index is 3.02. The van der Waals surface area contributed by atoms with E-state index >= 15 is 0 Å². The lowest BCUT2D eigenvalue weighted by Crippen LogP contribution is -2.19. The molecule has 96 valence electrons. The second-order valence-electron chi connectivity index (χ2n) is 2.98. The first-order valence-corrected chi connectivity index (χ1v) is 7.55. The van der Waals surface area contributed by atoms with Crippen LogP contribution in [0.3, 0.4) is 0 Å². The maximum Gasteiger partial charge on any atom is 0.412 e. The van der Waals surface area contributed by atoms with Crippen molar-refractivity contribution in [3.05, 3.63) is 28.2 Å². The van der Waals surface area contributed by atoms with Crippen molar-refractivity contribution in [2.24, 2.45) is 0 Å². The van der Waals surface area contributed by atoms with Crippen LogP contribution in [0.4, 0.5) is 13.2 Å². The summed E-state index contributed by atoms with van der Waals surface area (Å²) >= 11 is 16.1. The summed E-state index contributed by atoms with van der Waals surface area (Å²) in [5.74, 6) is 0. The molecule has 0 saturated carbocycles. The topological polar surface area (TPSA) is 29.5 Å². The third-order valence-corrected chi connectivity index (χ3v) is 4.91. The highest BCUT2D eigenvalue weighted by Crippen LogP contribution is 2.46. The molecule has 0 aromatic heterocycles. The zero-order chi connectivity index (χ0) is 13.3. The third-order valence-electron chi connectivity index (χ3n) is 1.62. The highest BCUT2D eigenvalue weighted by atomic mass is 35.5. The van der Waals surface area contributed by atoms with Crippen LogP contribution in [0.2, 0.25) is 10.0 Å². The highest BCUT2D eigenvalue weighted by Gasteiger charge is 2.33. The van der Waals surface area contributed by atoms with E-state index < -0.39 is 19.3 Å². The fraction of sp³-hybridized carbons (Fsp3) is 0.250. The number of benzene rings is 1. The highest BCUT2D eigenvalue weighted by molar-refractivity contribution is 8.13. The van der Waals surface area contributed by atoms with Crippen LogP contribution in [0.1, 0.15) is 0 Å². The minimum atomic E-state index is -4.58. The van der Waals surface area contributed by atoms with E-state index in [1.165, 1.54) is 18.2 Å². The maximum absolute atomic E-state index is 12.0. The van der Waals surface area contributed by atoms with Crippen molar-refractivity contribution in [3.63, 3.8) is 0 Å². The zero-order valence-corrected chi connectivity index (χ0v) is 11.3. The van der Waals surface area contributed by atoms with E-state index in [1.54, 1.807) is 0 Å². The smallest absolute Gasteiger partial charge is 0.342 e.